The van der Waals surface area contributed by atoms with Crippen molar-refractivity contribution in [2.75, 3.05) is 0 Å². The van der Waals surface area contributed by atoms with Gasteiger partial charge in [0, 0.05) is 25.4 Å². The van der Waals surface area contributed by atoms with Gasteiger partial charge in [0.25, 0.3) is 0 Å². The molecule has 0 N–H and O–H groups in total. The minimum absolute atomic E-state index is 0. The summed E-state index contributed by atoms with van der Waals surface area (Å²) in [4.78, 5) is 4.15. The zero-order chi connectivity index (χ0) is 7.56. The van der Waals surface area contributed by atoms with Crippen LogP contribution in [0.15, 0.2) is 18.9 Å². The second-order valence-corrected chi connectivity index (χ2v) is 2.35. The van der Waals surface area contributed by atoms with E-state index in [1.54, 1.807) is 0 Å². The number of aryl methyl sites for hydroxylation is 1. The SMILES string of the molecule is C=CCc1cnc(C)n1C.I. The minimum atomic E-state index is 0. The fraction of sp³-hybridized carbons (Fsp3) is 0.375. The van der Waals surface area contributed by atoms with Crippen molar-refractivity contribution in [1.29, 1.82) is 0 Å². The van der Waals surface area contributed by atoms with E-state index in [0.29, 0.717) is 0 Å². The summed E-state index contributed by atoms with van der Waals surface area (Å²) in [6.07, 6.45) is 4.67. The van der Waals surface area contributed by atoms with Crippen molar-refractivity contribution in [1.82, 2.24) is 9.55 Å². The van der Waals surface area contributed by atoms with E-state index in [0.717, 1.165) is 12.2 Å². The van der Waals surface area contributed by atoms with Crippen molar-refractivity contribution in [3.05, 3.63) is 30.4 Å². The Bertz CT molecular complexity index is 240. The van der Waals surface area contributed by atoms with Crippen molar-refractivity contribution in [3.8, 4) is 0 Å². The highest BCUT2D eigenvalue weighted by atomic mass is 127. The summed E-state index contributed by atoms with van der Waals surface area (Å²) in [7, 11) is 2.02. The molecule has 0 aliphatic rings. The average Bonchev–Trinajstić information content (AvgIpc) is 2.20. The molecule has 62 valence electrons. The Morgan fingerprint density at radius 1 is 1.73 bits per heavy atom. The summed E-state index contributed by atoms with van der Waals surface area (Å²) in [5.41, 5.74) is 1.22. The van der Waals surface area contributed by atoms with Gasteiger partial charge in [-0.1, -0.05) is 6.08 Å². The molecule has 0 radical (unpaired) electrons. The molecule has 2 nitrogen and oxygen atoms in total. The monoisotopic (exact) mass is 264 g/mol. The number of nitrogens with zero attached hydrogens (tertiary/aromatic N) is 2. The average molecular weight is 264 g/mol. The highest BCUT2D eigenvalue weighted by molar-refractivity contribution is 14.0. The molecule has 0 aliphatic heterocycles. The van der Waals surface area contributed by atoms with Crippen LogP contribution in [-0.4, -0.2) is 9.55 Å². The lowest BCUT2D eigenvalue weighted by molar-refractivity contribution is 0.811. The maximum absolute atomic E-state index is 4.15. The second-order valence-electron chi connectivity index (χ2n) is 2.35. The Balaban J connectivity index is 0.000001000. The van der Waals surface area contributed by atoms with Crippen molar-refractivity contribution in [2.45, 2.75) is 13.3 Å². The summed E-state index contributed by atoms with van der Waals surface area (Å²) in [6.45, 7) is 5.66. The van der Waals surface area contributed by atoms with Crippen molar-refractivity contribution in [3.63, 3.8) is 0 Å². The predicted octanol–water partition coefficient (Wildman–Crippen LogP) is 2.08. The molecule has 1 aromatic rings. The van der Waals surface area contributed by atoms with Crippen molar-refractivity contribution in [2.24, 2.45) is 7.05 Å². The fourth-order valence-corrected chi connectivity index (χ4v) is 0.886. The van der Waals surface area contributed by atoms with E-state index in [-0.39, 0.29) is 24.0 Å². The second kappa shape index (κ2) is 4.54. The lowest BCUT2D eigenvalue weighted by Gasteiger charge is -1.98. The number of aromatic nitrogens is 2. The number of allylic oxidation sites excluding steroid dienone is 1. The third-order valence-electron chi connectivity index (χ3n) is 1.67. The van der Waals surface area contributed by atoms with Gasteiger partial charge in [-0.25, -0.2) is 4.98 Å². The quantitative estimate of drug-likeness (QED) is 0.590. The van der Waals surface area contributed by atoms with Crippen LogP contribution in [0, 0.1) is 6.92 Å². The normalized spacial score (nSPS) is 8.91. The van der Waals surface area contributed by atoms with Gasteiger partial charge in [-0.15, -0.1) is 30.6 Å². The molecule has 0 aliphatic carbocycles. The smallest absolute Gasteiger partial charge is 0.105 e. The molecule has 0 bridgehead atoms. The summed E-state index contributed by atoms with van der Waals surface area (Å²) in [5.74, 6) is 1.05. The highest BCUT2D eigenvalue weighted by Gasteiger charge is 1.97. The molecular weight excluding hydrogens is 251 g/mol. The lowest BCUT2D eigenvalue weighted by Crippen LogP contribution is -1.96. The van der Waals surface area contributed by atoms with Gasteiger partial charge in [-0.3, -0.25) is 0 Å². The van der Waals surface area contributed by atoms with E-state index in [4.69, 9.17) is 0 Å². The van der Waals surface area contributed by atoms with Gasteiger partial charge < -0.3 is 4.57 Å². The van der Waals surface area contributed by atoms with Gasteiger partial charge in [-0.05, 0) is 6.92 Å². The first-order valence-corrected chi connectivity index (χ1v) is 3.33. The van der Waals surface area contributed by atoms with Crippen LogP contribution in [0.1, 0.15) is 11.5 Å². The van der Waals surface area contributed by atoms with Crippen LogP contribution in [0.25, 0.3) is 0 Å². The molecule has 0 unspecified atom stereocenters. The van der Waals surface area contributed by atoms with Crippen LogP contribution in [0.2, 0.25) is 0 Å². The Labute approximate surface area is 84.3 Å². The molecule has 0 aromatic carbocycles. The fourth-order valence-electron chi connectivity index (χ4n) is 0.886. The van der Waals surface area contributed by atoms with Gasteiger partial charge in [0.15, 0.2) is 0 Å². The predicted molar refractivity (Wildman–Crippen MR) is 57.3 cm³/mol. The maximum atomic E-state index is 4.15. The summed E-state index contributed by atoms with van der Waals surface area (Å²) in [6, 6.07) is 0. The van der Waals surface area contributed by atoms with Crippen LogP contribution < -0.4 is 0 Å². The van der Waals surface area contributed by atoms with Gasteiger partial charge in [0.2, 0.25) is 0 Å². The highest BCUT2D eigenvalue weighted by Crippen LogP contribution is 2.01. The molecule has 1 rings (SSSR count). The lowest BCUT2D eigenvalue weighted by atomic mass is 10.3. The molecule has 0 spiro atoms. The molecule has 0 amide bonds. The van der Waals surface area contributed by atoms with Crippen LogP contribution in [0.4, 0.5) is 0 Å². The Hall–Kier alpha value is -0.320. The van der Waals surface area contributed by atoms with Gasteiger partial charge in [-0.2, -0.15) is 0 Å². The zero-order valence-electron chi connectivity index (χ0n) is 6.87. The van der Waals surface area contributed by atoms with E-state index < -0.39 is 0 Å². The topological polar surface area (TPSA) is 17.8 Å². The molecule has 0 fully saturated rings. The summed E-state index contributed by atoms with van der Waals surface area (Å²) < 4.78 is 2.07. The van der Waals surface area contributed by atoms with Gasteiger partial charge >= 0.3 is 0 Å². The van der Waals surface area contributed by atoms with E-state index in [2.05, 4.69) is 16.1 Å². The third-order valence-corrected chi connectivity index (χ3v) is 1.67. The molecule has 0 saturated heterocycles. The van der Waals surface area contributed by atoms with E-state index in [1.807, 2.05) is 26.2 Å². The van der Waals surface area contributed by atoms with E-state index in [9.17, 15) is 0 Å². The van der Waals surface area contributed by atoms with Crippen LogP contribution in [0.3, 0.4) is 0 Å². The van der Waals surface area contributed by atoms with Crippen LogP contribution in [0.5, 0.6) is 0 Å². The maximum Gasteiger partial charge on any atom is 0.105 e. The van der Waals surface area contributed by atoms with Crippen LogP contribution in [-0.2, 0) is 13.5 Å². The first-order chi connectivity index (χ1) is 4.75. The molecule has 3 heteroatoms. The van der Waals surface area contributed by atoms with Crippen molar-refractivity contribution >= 4 is 24.0 Å². The standard InChI is InChI=1S/C8H12N2.HI/c1-4-5-8-6-9-7(2)10(8)3;/h4,6H,1,5H2,2-3H3;1H. The molecule has 1 heterocycles. The molecule has 1 aromatic heterocycles. The number of imidazole rings is 1. The van der Waals surface area contributed by atoms with Crippen molar-refractivity contribution < 1.29 is 0 Å². The molecule has 0 atom stereocenters. The number of halogens is 1. The number of hydrogen-bond donors (Lipinski definition) is 0. The molecular formula is C8H13IN2. The summed E-state index contributed by atoms with van der Waals surface area (Å²) >= 11 is 0. The van der Waals surface area contributed by atoms with Gasteiger partial charge in [0.1, 0.15) is 5.82 Å². The Morgan fingerprint density at radius 2 is 2.36 bits per heavy atom. The Morgan fingerprint density at radius 3 is 2.73 bits per heavy atom. The third kappa shape index (κ3) is 2.32. The number of hydrogen-bond acceptors (Lipinski definition) is 1. The minimum Gasteiger partial charge on any atom is -0.335 e. The van der Waals surface area contributed by atoms with E-state index >= 15 is 0 Å². The first-order valence-electron chi connectivity index (χ1n) is 3.33. The molecule has 0 saturated carbocycles. The van der Waals surface area contributed by atoms with E-state index in [1.165, 1.54) is 5.69 Å². The van der Waals surface area contributed by atoms with Crippen LogP contribution >= 0.6 is 24.0 Å². The van der Waals surface area contributed by atoms with Gasteiger partial charge in [0.05, 0.1) is 0 Å². The molecule has 11 heavy (non-hydrogen) atoms. The Kier molecular flexibility index (Phi) is 4.40. The zero-order valence-corrected chi connectivity index (χ0v) is 9.20. The largest absolute Gasteiger partial charge is 0.335 e. The first kappa shape index (κ1) is 10.7. The number of rotatable bonds is 2. The summed E-state index contributed by atoms with van der Waals surface area (Å²) in [5, 5.41) is 0.